The zero-order chi connectivity index (χ0) is 23.8. The van der Waals surface area contributed by atoms with E-state index >= 15 is 0 Å². The van der Waals surface area contributed by atoms with Crippen LogP contribution < -0.4 is 14.4 Å². The number of ether oxygens (including phenoxy) is 2. The third-order valence-electron chi connectivity index (χ3n) is 6.12. The minimum Gasteiger partial charge on any atom is -0.493 e. The van der Waals surface area contributed by atoms with Crippen LogP contribution in [-0.2, 0) is 16.4 Å². The Bertz CT molecular complexity index is 977. The van der Waals surface area contributed by atoms with Crippen molar-refractivity contribution in [2.45, 2.75) is 39.0 Å². The molecule has 1 aliphatic rings. The van der Waals surface area contributed by atoms with Crippen LogP contribution in [0.15, 0.2) is 48.5 Å². The molecule has 0 spiro atoms. The Labute approximate surface area is 197 Å². The summed E-state index contributed by atoms with van der Waals surface area (Å²) >= 11 is 0. The van der Waals surface area contributed by atoms with E-state index in [1.54, 1.807) is 19.2 Å². The molecule has 1 heterocycles. The van der Waals surface area contributed by atoms with Gasteiger partial charge >= 0.3 is 0 Å². The Balaban J connectivity index is 1.68. The topological polar surface area (TPSA) is 79.3 Å². The lowest BCUT2D eigenvalue weighted by molar-refractivity contribution is 0.0517. The summed E-state index contributed by atoms with van der Waals surface area (Å²) in [7, 11) is -1.46. The first-order chi connectivity index (χ1) is 15.8. The molecule has 7 nitrogen and oxygen atoms in total. The number of sulfone groups is 1. The summed E-state index contributed by atoms with van der Waals surface area (Å²) in [6, 6.07) is 15.6. The van der Waals surface area contributed by atoms with Crippen LogP contribution in [0.4, 0.5) is 5.69 Å². The van der Waals surface area contributed by atoms with Crippen LogP contribution in [0.3, 0.4) is 0 Å². The van der Waals surface area contributed by atoms with Crippen molar-refractivity contribution in [1.82, 2.24) is 4.90 Å². The Morgan fingerprint density at radius 3 is 2.30 bits per heavy atom. The number of rotatable bonds is 12. The third-order valence-corrected chi connectivity index (χ3v) is 7.87. The van der Waals surface area contributed by atoms with Crippen molar-refractivity contribution in [1.29, 1.82) is 0 Å². The molecule has 1 N–H and O–H groups in total. The molecule has 2 atom stereocenters. The van der Waals surface area contributed by atoms with Crippen LogP contribution in [0.1, 0.15) is 25.8 Å². The molecule has 182 valence electrons. The summed E-state index contributed by atoms with van der Waals surface area (Å²) in [6.45, 7) is 7.15. The van der Waals surface area contributed by atoms with E-state index in [0.29, 0.717) is 31.0 Å². The van der Waals surface area contributed by atoms with Crippen molar-refractivity contribution in [2.75, 3.05) is 49.8 Å². The number of benzene rings is 2. The molecule has 2 aromatic carbocycles. The van der Waals surface area contributed by atoms with E-state index in [0.717, 1.165) is 18.7 Å². The maximum atomic E-state index is 12.1. The molecule has 1 aliphatic heterocycles. The van der Waals surface area contributed by atoms with Gasteiger partial charge in [0, 0.05) is 37.9 Å². The highest BCUT2D eigenvalue weighted by Crippen LogP contribution is 2.26. The first-order valence-corrected chi connectivity index (χ1v) is 13.4. The van der Waals surface area contributed by atoms with Crippen molar-refractivity contribution in [3.8, 4) is 11.5 Å². The minimum atomic E-state index is -3.04. The van der Waals surface area contributed by atoms with Gasteiger partial charge in [-0.1, -0.05) is 24.3 Å². The number of hydrogen-bond acceptors (Lipinski definition) is 7. The van der Waals surface area contributed by atoms with E-state index in [9.17, 15) is 13.5 Å². The number of aliphatic hydroxyl groups is 1. The maximum absolute atomic E-state index is 12.1. The molecule has 0 aromatic heterocycles. The Kier molecular flexibility index (Phi) is 9.00. The van der Waals surface area contributed by atoms with E-state index < -0.39 is 15.9 Å². The lowest BCUT2D eigenvalue weighted by Crippen LogP contribution is -2.42. The van der Waals surface area contributed by atoms with Gasteiger partial charge in [0.25, 0.3) is 0 Å². The molecular weight excluding hydrogens is 440 g/mol. The minimum absolute atomic E-state index is 0.0945. The number of anilines is 1. The fraction of sp³-hybridized carbons (Fsp3) is 0.520. The second kappa shape index (κ2) is 11.7. The Morgan fingerprint density at radius 2 is 1.73 bits per heavy atom. The highest BCUT2D eigenvalue weighted by atomic mass is 32.2. The van der Waals surface area contributed by atoms with Gasteiger partial charge in [0.15, 0.2) is 21.3 Å². The molecule has 0 radical (unpaired) electrons. The summed E-state index contributed by atoms with van der Waals surface area (Å²) < 4.78 is 35.3. The number of nitrogens with zero attached hydrogens (tertiary/aromatic N) is 2. The zero-order valence-corrected chi connectivity index (χ0v) is 20.6. The molecule has 2 unspecified atom stereocenters. The van der Waals surface area contributed by atoms with Crippen LogP contribution >= 0.6 is 0 Å². The smallest absolute Gasteiger partial charge is 0.161 e. The quantitative estimate of drug-likeness (QED) is 0.505. The van der Waals surface area contributed by atoms with Gasteiger partial charge in [0.05, 0.1) is 18.6 Å². The van der Waals surface area contributed by atoms with E-state index in [2.05, 4.69) is 47.9 Å². The molecule has 0 saturated carbocycles. The average molecular weight is 477 g/mol. The first-order valence-electron chi connectivity index (χ1n) is 11.6. The number of para-hydroxylation sites is 2. The van der Waals surface area contributed by atoms with Crippen LogP contribution in [-0.4, -0.2) is 75.4 Å². The van der Waals surface area contributed by atoms with Gasteiger partial charge in [-0.15, -0.1) is 0 Å². The van der Waals surface area contributed by atoms with Crippen molar-refractivity contribution < 1.29 is 23.0 Å². The molecule has 0 bridgehead atoms. The van der Waals surface area contributed by atoms with Crippen LogP contribution in [0.5, 0.6) is 11.5 Å². The van der Waals surface area contributed by atoms with E-state index in [1.807, 2.05) is 12.1 Å². The number of hydrogen-bond donors (Lipinski definition) is 1. The van der Waals surface area contributed by atoms with E-state index in [-0.39, 0.29) is 24.2 Å². The second-order valence-electron chi connectivity index (χ2n) is 8.44. The largest absolute Gasteiger partial charge is 0.493 e. The summed E-state index contributed by atoms with van der Waals surface area (Å²) in [6.07, 6.45) is -0.187. The van der Waals surface area contributed by atoms with Gasteiger partial charge in [-0.25, -0.2) is 8.42 Å². The van der Waals surface area contributed by atoms with Gasteiger partial charge in [-0.3, -0.25) is 4.90 Å². The molecule has 33 heavy (non-hydrogen) atoms. The number of methoxy groups -OCH3 is 1. The fourth-order valence-electron chi connectivity index (χ4n) is 4.29. The SMILES string of the molecule is CCN(CC)c1ccc(CN(CC(O)COc2ccccc2OC)C2CCS(=O)(=O)C2)cc1. The lowest BCUT2D eigenvalue weighted by Gasteiger charge is -2.30. The zero-order valence-electron chi connectivity index (χ0n) is 19.8. The van der Waals surface area contributed by atoms with E-state index in [4.69, 9.17) is 9.47 Å². The van der Waals surface area contributed by atoms with E-state index in [1.165, 1.54) is 5.69 Å². The average Bonchev–Trinajstić information content (AvgIpc) is 3.19. The highest BCUT2D eigenvalue weighted by Gasteiger charge is 2.33. The molecule has 1 saturated heterocycles. The normalized spacial score (nSPS) is 18.3. The van der Waals surface area contributed by atoms with Crippen molar-refractivity contribution in [3.05, 3.63) is 54.1 Å². The molecule has 3 rings (SSSR count). The van der Waals surface area contributed by atoms with Crippen molar-refractivity contribution in [2.24, 2.45) is 0 Å². The fourth-order valence-corrected chi connectivity index (χ4v) is 6.05. The lowest BCUT2D eigenvalue weighted by atomic mass is 10.1. The molecular formula is C25H36N2O5S. The molecule has 0 aliphatic carbocycles. The van der Waals surface area contributed by atoms with Gasteiger partial charge in [0.1, 0.15) is 12.7 Å². The van der Waals surface area contributed by atoms with Crippen LogP contribution in [0.25, 0.3) is 0 Å². The Morgan fingerprint density at radius 1 is 1.06 bits per heavy atom. The van der Waals surface area contributed by atoms with Gasteiger partial charge in [-0.05, 0) is 50.1 Å². The maximum Gasteiger partial charge on any atom is 0.161 e. The summed E-state index contributed by atoms with van der Waals surface area (Å²) in [5.41, 5.74) is 2.26. The van der Waals surface area contributed by atoms with Crippen molar-refractivity contribution in [3.63, 3.8) is 0 Å². The highest BCUT2D eigenvalue weighted by molar-refractivity contribution is 7.91. The summed E-state index contributed by atoms with van der Waals surface area (Å²) in [5.74, 6) is 1.51. The first kappa shape index (κ1) is 25.3. The van der Waals surface area contributed by atoms with Crippen LogP contribution in [0.2, 0.25) is 0 Å². The predicted octanol–water partition coefficient (Wildman–Crippen LogP) is 2.97. The summed E-state index contributed by atoms with van der Waals surface area (Å²) in [5, 5.41) is 10.7. The monoisotopic (exact) mass is 476 g/mol. The molecule has 2 aromatic rings. The van der Waals surface area contributed by atoms with Gasteiger partial charge in [-0.2, -0.15) is 0 Å². The third kappa shape index (κ3) is 7.09. The van der Waals surface area contributed by atoms with Gasteiger partial charge < -0.3 is 19.5 Å². The molecule has 8 heteroatoms. The number of aliphatic hydroxyl groups excluding tert-OH is 1. The van der Waals surface area contributed by atoms with Gasteiger partial charge in [0.2, 0.25) is 0 Å². The molecule has 0 amide bonds. The van der Waals surface area contributed by atoms with Crippen LogP contribution in [0, 0.1) is 0 Å². The second-order valence-corrected chi connectivity index (χ2v) is 10.7. The standard InChI is InChI=1S/C25H36N2O5S/c1-4-26(5-2)21-12-10-20(11-13-21)16-27(22-14-15-33(29,30)19-22)17-23(28)18-32-25-9-7-6-8-24(25)31-3/h6-13,22-23,28H,4-5,14-19H2,1-3H3. The molecule has 1 fully saturated rings. The Hall–Kier alpha value is -2.29. The predicted molar refractivity (Wildman–Crippen MR) is 132 cm³/mol. The summed E-state index contributed by atoms with van der Waals surface area (Å²) in [4.78, 5) is 4.36. The van der Waals surface area contributed by atoms with Crippen molar-refractivity contribution >= 4 is 15.5 Å².